The topological polar surface area (TPSA) is 127 Å². The van der Waals surface area contributed by atoms with Crippen LogP contribution in [0.2, 0.25) is 0 Å². The van der Waals surface area contributed by atoms with Gasteiger partial charge < -0.3 is 9.84 Å². The number of tetrazole rings is 1. The Balaban J connectivity index is 1.72. The predicted molar refractivity (Wildman–Crippen MR) is 118 cm³/mol. The van der Waals surface area contributed by atoms with Crippen LogP contribution in [0.25, 0.3) is 0 Å². The van der Waals surface area contributed by atoms with Crippen molar-refractivity contribution >= 4 is 5.78 Å². The van der Waals surface area contributed by atoms with Crippen LogP contribution in [0.4, 0.5) is 17.6 Å². The van der Waals surface area contributed by atoms with E-state index in [1.54, 1.807) is 0 Å². The number of Topliss-reactive ketones (excluding diaryl/α,β-unsaturated/α-hetero) is 1. The Morgan fingerprint density at radius 1 is 1.11 bits per heavy atom. The summed E-state index contributed by atoms with van der Waals surface area (Å²) >= 11 is 0. The predicted octanol–water partition coefficient (Wildman–Crippen LogP) is 4.28. The second-order valence-corrected chi connectivity index (χ2v) is 7.81. The van der Waals surface area contributed by atoms with E-state index in [1.807, 2.05) is 6.07 Å². The summed E-state index contributed by atoms with van der Waals surface area (Å²) in [5.41, 5.74) is -4.48. The fraction of sp³-hybridized carbons (Fsp3) is 0.167. The molecule has 2 aromatic carbocycles. The summed E-state index contributed by atoms with van der Waals surface area (Å²) in [6, 6.07) is 12.1. The van der Waals surface area contributed by atoms with Gasteiger partial charge in [-0.15, -0.1) is 5.10 Å². The SMILES string of the molecule is CC(=O)c1nnnn1C(F)C(O)(c1ccc(F)cc1F)C(F)c1ccc(Oc2ccc(C#N)cc2)cn1. The van der Waals surface area contributed by atoms with Gasteiger partial charge in [-0.05, 0) is 59.0 Å². The molecule has 13 heteroatoms. The van der Waals surface area contributed by atoms with E-state index < -0.39 is 52.6 Å². The minimum atomic E-state index is -3.39. The fourth-order valence-electron chi connectivity index (χ4n) is 3.53. The van der Waals surface area contributed by atoms with Gasteiger partial charge in [0.05, 0.1) is 23.5 Å². The van der Waals surface area contributed by atoms with Gasteiger partial charge in [0, 0.05) is 18.6 Å². The summed E-state index contributed by atoms with van der Waals surface area (Å²) in [4.78, 5) is 15.7. The number of rotatable bonds is 8. The number of nitrogens with zero attached hydrogens (tertiary/aromatic N) is 6. The Labute approximate surface area is 206 Å². The monoisotopic (exact) mass is 512 g/mol. The largest absolute Gasteiger partial charge is 0.456 e. The van der Waals surface area contributed by atoms with Crippen LogP contribution in [-0.2, 0) is 5.60 Å². The third kappa shape index (κ3) is 4.87. The lowest BCUT2D eigenvalue weighted by atomic mass is 9.85. The van der Waals surface area contributed by atoms with Crippen LogP contribution in [0.3, 0.4) is 0 Å². The maximum Gasteiger partial charge on any atom is 0.231 e. The number of hydrogen-bond acceptors (Lipinski definition) is 8. The first-order valence-corrected chi connectivity index (χ1v) is 10.5. The van der Waals surface area contributed by atoms with Gasteiger partial charge in [0.15, 0.2) is 17.6 Å². The molecule has 0 aliphatic heterocycles. The highest BCUT2D eigenvalue weighted by Crippen LogP contribution is 2.47. The molecule has 4 aromatic rings. The number of halogens is 4. The van der Waals surface area contributed by atoms with Gasteiger partial charge in [0.25, 0.3) is 0 Å². The molecule has 0 saturated heterocycles. The maximum absolute atomic E-state index is 15.9. The summed E-state index contributed by atoms with van der Waals surface area (Å²) < 4.78 is 65.8. The molecule has 0 fully saturated rings. The smallest absolute Gasteiger partial charge is 0.231 e. The van der Waals surface area contributed by atoms with Crippen molar-refractivity contribution in [1.82, 2.24) is 25.2 Å². The molecule has 3 atom stereocenters. The van der Waals surface area contributed by atoms with Crippen molar-refractivity contribution in [2.75, 3.05) is 0 Å². The average Bonchev–Trinajstić information content (AvgIpc) is 3.39. The minimum absolute atomic E-state index is 0.133. The molecule has 0 spiro atoms. The van der Waals surface area contributed by atoms with E-state index in [4.69, 9.17) is 10.00 Å². The molecule has 0 bridgehead atoms. The van der Waals surface area contributed by atoms with Gasteiger partial charge in [0.1, 0.15) is 23.1 Å². The van der Waals surface area contributed by atoms with Gasteiger partial charge in [-0.25, -0.2) is 17.6 Å². The summed E-state index contributed by atoms with van der Waals surface area (Å²) in [5, 5.41) is 30.0. The molecule has 4 rings (SSSR count). The molecule has 0 radical (unpaired) electrons. The van der Waals surface area contributed by atoms with Gasteiger partial charge in [-0.2, -0.15) is 9.94 Å². The molecular weight excluding hydrogens is 496 g/mol. The Kier molecular flexibility index (Phi) is 6.94. The highest BCUT2D eigenvalue weighted by molar-refractivity contribution is 5.90. The lowest BCUT2D eigenvalue weighted by molar-refractivity contribution is -0.137. The van der Waals surface area contributed by atoms with E-state index >= 15 is 8.78 Å². The number of ketones is 1. The number of aliphatic hydroxyl groups is 1. The van der Waals surface area contributed by atoms with Gasteiger partial charge in [0.2, 0.25) is 12.1 Å². The molecule has 0 amide bonds. The molecule has 1 N–H and O–H groups in total. The zero-order valence-electron chi connectivity index (χ0n) is 18.9. The number of carbonyl (C=O) groups is 1. The van der Waals surface area contributed by atoms with Crippen molar-refractivity contribution in [3.8, 4) is 17.6 Å². The molecule has 0 aliphatic rings. The summed E-state index contributed by atoms with van der Waals surface area (Å²) in [6.07, 6.45) is -4.62. The number of benzene rings is 2. The van der Waals surface area contributed by atoms with E-state index in [9.17, 15) is 18.7 Å². The van der Waals surface area contributed by atoms with Crippen molar-refractivity contribution < 1.29 is 32.2 Å². The maximum atomic E-state index is 15.9. The molecule has 0 aliphatic carbocycles. The number of pyridine rings is 1. The minimum Gasteiger partial charge on any atom is -0.456 e. The Morgan fingerprint density at radius 2 is 1.81 bits per heavy atom. The van der Waals surface area contributed by atoms with E-state index in [0.717, 1.165) is 19.2 Å². The highest BCUT2D eigenvalue weighted by atomic mass is 19.2. The van der Waals surface area contributed by atoms with Crippen molar-refractivity contribution in [1.29, 1.82) is 5.26 Å². The lowest BCUT2D eigenvalue weighted by Gasteiger charge is -2.34. The third-order valence-electron chi connectivity index (χ3n) is 5.37. The molecule has 9 nitrogen and oxygen atoms in total. The molecule has 37 heavy (non-hydrogen) atoms. The Bertz CT molecular complexity index is 1470. The molecule has 0 saturated carbocycles. The second kappa shape index (κ2) is 10.1. The molecule has 2 aromatic heterocycles. The van der Waals surface area contributed by atoms with Crippen molar-refractivity contribution in [3.05, 3.63) is 95.1 Å². The first kappa shape index (κ1) is 25.4. The van der Waals surface area contributed by atoms with Crippen LogP contribution in [0.15, 0.2) is 60.8 Å². The van der Waals surface area contributed by atoms with Crippen LogP contribution in [0.1, 0.15) is 46.8 Å². The van der Waals surface area contributed by atoms with Crippen LogP contribution >= 0.6 is 0 Å². The Hall–Kier alpha value is -4.70. The van der Waals surface area contributed by atoms with E-state index in [1.165, 1.54) is 30.3 Å². The van der Waals surface area contributed by atoms with E-state index in [-0.39, 0.29) is 10.4 Å². The zero-order chi connectivity index (χ0) is 26.7. The van der Waals surface area contributed by atoms with Crippen molar-refractivity contribution in [2.24, 2.45) is 0 Å². The molecule has 3 unspecified atom stereocenters. The summed E-state index contributed by atoms with van der Waals surface area (Å²) in [7, 11) is 0. The zero-order valence-corrected chi connectivity index (χ0v) is 18.9. The standard InChI is InChI=1S/C24H16F4N6O3/c1-13(35)22-31-32-33-34(22)23(28)24(36,18-8-4-15(25)10-19(18)26)21(27)20-9-7-17(12-30-20)37-16-5-2-14(11-29)3-6-16/h2-10,12,21,23,36H,1H3. The molecule has 2 heterocycles. The third-order valence-corrected chi connectivity index (χ3v) is 5.37. The fourth-order valence-corrected chi connectivity index (χ4v) is 3.53. The number of hydrogen-bond donors (Lipinski definition) is 1. The number of alkyl halides is 2. The number of aromatic nitrogens is 5. The number of nitriles is 1. The van der Waals surface area contributed by atoms with Crippen molar-refractivity contribution in [2.45, 2.75) is 25.0 Å². The summed E-state index contributed by atoms with van der Waals surface area (Å²) in [5.74, 6) is -3.51. The molecule has 188 valence electrons. The van der Waals surface area contributed by atoms with Crippen LogP contribution in [0, 0.1) is 23.0 Å². The molecular formula is C24H16F4N6O3. The van der Waals surface area contributed by atoms with Gasteiger partial charge in [-0.3, -0.25) is 9.78 Å². The van der Waals surface area contributed by atoms with E-state index in [2.05, 4.69) is 20.5 Å². The van der Waals surface area contributed by atoms with Crippen LogP contribution < -0.4 is 4.74 Å². The first-order valence-electron chi connectivity index (χ1n) is 10.5. The van der Waals surface area contributed by atoms with Crippen LogP contribution in [0.5, 0.6) is 11.5 Å². The quantitative estimate of drug-likeness (QED) is 0.274. The van der Waals surface area contributed by atoms with Gasteiger partial charge in [-0.1, -0.05) is 0 Å². The first-order chi connectivity index (χ1) is 17.6. The van der Waals surface area contributed by atoms with Crippen molar-refractivity contribution in [3.63, 3.8) is 0 Å². The number of carbonyl (C=O) groups excluding carboxylic acids is 1. The lowest BCUT2D eigenvalue weighted by Crippen LogP contribution is -2.41. The summed E-state index contributed by atoms with van der Waals surface area (Å²) in [6.45, 7) is 1.01. The second-order valence-electron chi connectivity index (χ2n) is 7.81. The van der Waals surface area contributed by atoms with E-state index in [0.29, 0.717) is 29.5 Å². The average molecular weight is 512 g/mol. The highest BCUT2D eigenvalue weighted by Gasteiger charge is 2.52. The van der Waals surface area contributed by atoms with Crippen LogP contribution in [-0.4, -0.2) is 36.1 Å². The normalized spacial score (nSPS) is 14.3. The van der Waals surface area contributed by atoms with Gasteiger partial charge >= 0.3 is 0 Å². The Morgan fingerprint density at radius 3 is 2.41 bits per heavy atom. The number of ether oxygens (including phenoxy) is 1.